The highest BCUT2D eigenvalue weighted by atomic mass is 19.4. The third-order valence-electron chi connectivity index (χ3n) is 3.26. The molecule has 0 spiro atoms. The molecular weight excluding hydrogens is 352 g/mol. The summed E-state index contributed by atoms with van der Waals surface area (Å²) in [6.45, 7) is 0. The van der Waals surface area contributed by atoms with Crippen LogP contribution in [-0.2, 0) is 12.6 Å². The number of nitrogens with two attached hydrogens (primary N) is 1. The predicted octanol–water partition coefficient (Wildman–Crippen LogP) is 3.47. The smallest absolute Gasteiger partial charge is 0.336 e. The van der Waals surface area contributed by atoms with E-state index in [1.807, 2.05) is 0 Å². The summed E-state index contributed by atoms with van der Waals surface area (Å²) in [7, 11) is 0. The standard InChI is InChI=1S/C13H8F8N2O/c14-11(15,13(19,20)21)5-6-1-2-7-8(12(16,17)18)4-10(24)23(22)9(7)3-6/h1-4H,5,22H2. The molecule has 24 heavy (non-hydrogen) atoms. The van der Waals surface area contributed by atoms with Gasteiger partial charge in [-0.05, 0) is 11.6 Å². The van der Waals surface area contributed by atoms with Gasteiger partial charge in [-0.25, -0.2) is 4.68 Å². The summed E-state index contributed by atoms with van der Waals surface area (Å²) in [5, 5.41) is -0.594. The van der Waals surface area contributed by atoms with Gasteiger partial charge in [-0.2, -0.15) is 35.1 Å². The molecule has 0 bridgehead atoms. The number of hydrogen-bond donors (Lipinski definition) is 1. The van der Waals surface area contributed by atoms with Crippen molar-refractivity contribution < 1.29 is 35.1 Å². The van der Waals surface area contributed by atoms with Crippen molar-refractivity contribution in [2.75, 3.05) is 5.84 Å². The molecular formula is C13H8F8N2O. The Morgan fingerprint density at radius 3 is 2.04 bits per heavy atom. The zero-order valence-corrected chi connectivity index (χ0v) is 11.5. The van der Waals surface area contributed by atoms with Gasteiger partial charge in [0, 0.05) is 17.9 Å². The predicted molar refractivity (Wildman–Crippen MR) is 68.1 cm³/mol. The van der Waals surface area contributed by atoms with Crippen LogP contribution < -0.4 is 11.4 Å². The van der Waals surface area contributed by atoms with Gasteiger partial charge < -0.3 is 5.84 Å². The Labute approximate surface area is 128 Å². The van der Waals surface area contributed by atoms with Crippen molar-refractivity contribution in [3.8, 4) is 0 Å². The van der Waals surface area contributed by atoms with Crippen LogP contribution in [0, 0.1) is 0 Å². The minimum atomic E-state index is -5.82. The molecule has 0 unspecified atom stereocenters. The van der Waals surface area contributed by atoms with E-state index in [0.717, 1.165) is 0 Å². The fourth-order valence-electron chi connectivity index (χ4n) is 2.09. The van der Waals surface area contributed by atoms with E-state index in [2.05, 4.69) is 0 Å². The van der Waals surface area contributed by atoms with Gasteiger partial charge in [0.25, 0.3) is 5.56 Å². The Balaban J connectivity index is 2.64. The fraction of sp³-hybridized carbons (Fsp3) is 0.308. The maximum atomic E-state index is 13.1. The van der Waals surface area contributed by atoms with Crippen LogP contribution in [0.1, 0.15) is 11.1 Å². The van der Waals surface area contributed by atoms with Crippen LogP contribution in [0.2, 0.25) is 0 Å². The maximum Gasteiger partial charge on any atom is 0.453 e. The van der Waals surface area contributed by atoms with Gasteiger partial charge in [0.15, 0.2) is 0 Å². The van der Waals surface area contributed by atoms with Crippen molar-refractivity contribution in [3.05, 3.63) is 45.7 Å². The molecule has 0 fully saturated rings. The largest absolute Gasteiger partial charge is 0.453 e. The minimum absolute atomic E-state index is 0.215. The lowest BCUT2D eigenvalue weighted by Crippen LogP contribution is -2.38. The first-order chi connectivity index (χ1) is 10.7. The third kappa shape index (κ3) is 3.15. The first kappa shape index (κ1) is 18.0. The average molecular weight is 360 g/mol. The molecule has 0 aliphatic heterocycles. The maximum absolute atomic E-state index is 13.1. The molecule has 2 rings (SSSR count). The van der Waals surface area contributed by atoms with E-state index < -0.39 is 52.3 Å². The zero-order chi connectivity index (χ0) is 18.5. The first-order valence-electron chi connectivity index (χ1n) is 6.19. The fourth-order valence-corrected chi connectivity index (χ4v) is 2.09. The van der Waals surface area contributed by atoms with Crippen LogP contribution in [0.4, 0.5) is 35.1 Å². The Kier molecular flexibility index (Phi) is 4.01. The number of nitrogen functional groups attached to an aromatic ring is 1. The van der Waals surface area contributed by atoms with Crippen molar-refractivity contribution in [2.24, 2.45) is 0 Å². The van der Waals surface area contributed by atoms with Gasteiger partial charge in [0.05, 0.1) is 11.1 Å². The quantitative estimate of drug-likeness (QED) is 0.659. The minimum Gasteiger partial charge on any atom is -0.336 e. The molecule has 0 aliphatic rings. The van der Waals surface area contributed by atoms with Gasteiger partial charge in [-0.1, -0.05) is 12.1 Å². The molecule has 0 amide bonds. The van der Waals surface area contributed by atoms with Gasteiger partial charge >= 0.3 is 18.3 Å². The molecule has 1 aromatic heterocycles. The number of fused-ring (bicyclic) bond motifs is 1. The van der Waals surface area contributed by atoms with Crippen molar-refractivity contribution in [1.82, 2.24) is 4.68 Å². The molecule has 0 aliphatic carbocycles. The van der Waals surface area contributed by atoms with Gasteiger partial charge in [-0.3, -0.25) is 4.79 Å². The summed E-state index contributed by atoms with van der Waals surface area (Å²) in [4.78, 5) is 11.5. The molecule has 0 saturated heterocycles. The van der Waals surface area contributed by atoms with E-state index in [-0.39, 0.29) is 10.7 Å². The summed E-state index contributed by atoms with van der Waals surface area (Å²) in [5.41, 5.74) is -3.87. The number of rotatable bonds is 2. The normalized spacial score (nSPS) is 13.5. The molecule has 132 valence electrons. The number of pyridine rings is 1. The SMILES string of the molecule is Nn1c(=O)cc(C(F)(F)F)c2ccc(CC(F)(F)C(F)(F)F)cc21. The second-order valence-corrected chi connectivity index (χ2v) is 4.99. The number of halogens is 8. The van der Waals surface area contributed by atoms with Gasteiger partial charge in [0.1, 0.15) is 0 Å². The molecule has 3 nitrogen and oxygen atoms in total. The van der Waals surface area contributed by atoms with E-state index in [1.165, 1.54) is 0 Å². The van der Waals surface area contributed by atoms with E-state index in [1.54, 1.807) is 0 Å². The van der Waals surface area contributed by atoms with E-state index in [4.69, 9.17) is 5.84 Å². The molecule has 11 heteroatoms. The van der Waals surface area contributed by atoms with Crippen molar-refractivity contribution in [1.29, 1.82) is 0 Å². The lowest BCUT2D eigenvalue weighted by molar-refractivity contribution is -0.281. The van der Waals surface area contributed by atoms with E-state index in [0.29, 0.717) is 18.2 Å². The lowest BCUT2D eigenvalue weighted by Gasteiger charge is -2.20. The summed E-state index contributed by atoms with van der Waals surface area (Å²) >= 11 is 0. The monoisotopic (exact) mass is 360 g/mol. The second kappa shape index (κ2) is 5.35. The highest BCUT2D eigenvalue weighted by molar-refractivity contribution is 5.84. The van der Waals surface area contributed by atoms with Crippen molar-refractivity contribution in [2.45, 2.75) is 24.7 Å². The molecule has 2 aromatic rings. The first-order valence-corrected chi connectivity index (χ1v) is 6.19. The number of hydrogen-bond acceptors (Lipinski definition) is 2. The Hall–Kier alpha value is -2.33. The number of nitrogens with zero attached hydrogens (tertiary/aromatic N) is 1. The van der Waals surface area contributed by atoms with Gasteiger partial charge in [0.2, 0.25) is 0 Å². The van der Waals surface area contributed by atoms with E-state index in [9.17, 15) is 39.9 Å². The van der Waals surface area contributed by atoms with Crippen LogP contribution in [0.5, 0.6) is 0 Å². The van der Waals surface area contributed by atoms with Crippen molar-refractivity contribution in [3.63, 3.8) is 0 Å². The molecule has 1 heterocycles. The summed E-state index contributed by atoms with van der Waals surface area (Å²) in [6.07, 6.45) is -12.5. The highest BCUT2D eigenvalue weighted by Gasteiger charge is 2.57. The summed E-state index contributed by atoms with van der Waals surface area (Å²) in [5.74, 6) is 0.195. The summed E-state index contributed by atoms with van der Waals surface area (Å²) in [6, 6.07) is 2.21. The Bertz CT molecular complexity index is 835. The number of aromatic nitrogens is 1. The summed E-state index contributed by atoms with van der Waals surface area (Å²) < 4.78 is 102. The Morgan fingerprint density at radius 1 is 0.958 bits per heavy atom. The van der Waals surface area contributed by atoms with Crippen LogP contribution in [-0.4, -0.2) is 16.8 Å². The topological polar surface area (TPSA) is 48.0 Å². The van der Waals surface area contributed by atoms with E-state index >= 15 is 0 Å². The molecule has 2 N–H and O–H groups in total. The van der Waals surface area contributed by atoms with Crippen LogP contribution in [0.25, 0.3) is 10.9 Å². The van der Waals surface area contributed by atoms with Crippen LogP contribution in [0.3, 0.4) is 0 Å². The third-order valence-corrected chi connectivity index (χ3v) is 3.26. The second-order valence-electron chi connectivity index (χ2n) is 4.99. The highest BCUT2D eigenvalue weighted by Crippen LogP contribution is 2.39. The lowest BCUT2D eigenvalue weighted by atomic mass is 10.0. The number of alkyl halides is 8. The average Bonchev–Trinajstić information content (AvgIpc) is 2.40. The van der Waals surface area contributed by atoms with Crippen LogP contribution in [0.15, 0.2) is 29.1 Å². The molecule has 0 saturated carbocycles. The van der Waals surface area contributed by atoms with Crippen LogP contribution >= 0.6 is 0 Å². The Morgan fingerprint density at radius 2 is 1.54 bits per heavy atom. The zero-order valence-electron chi connectivity index (χ0n) is 11.5. The molecule has 0 atom stereocenters. The van der Waals surface area contributed by atoms with Crippen molar-refractivity contribution >= 4 is 10.9 Å². The number of benzene rings is 1. The molecule has 1 aromatic carbocycles. The molecule has 0 radical (unpaired) electrons. The van der Waals surface area contributed by atoms with Gasteiger partial charge in [-0.15, -0.1) is 0 Å².